The van der Waals surface area contributed by atoms with Crippen molar-refractivity contribution in [3.63, 3.8) is 0 Å². The molecule has 0 aliphatic carbocycles. The van der Waals surface area contributed by atoms with E-state index in [-0.39, 0.29) is 16.7 Å². The number of hydrogen-bond donors (Lipinski definition) is 2. The summed E-state index contributed by atoms with van der Waals surface area (Å²) in [6.45, 7) is 8.76. The van der Waals surface area contributed by atoms with E-state index in [1.807, 2.05) is 57.3 Å². The van der Waals surface area contributed by atoms with Crippen LogP contribution in [0.4, 0.5) is 16.4 Å². The van der Waals surface area contributed by atoms with Gasteiger partial charge in [-0.1, -0.05) is 24.3 Å². The van der Waals surface area contributed by atoms with Gasteiger partial charge < -0.3 is 19.9 Å². The fourth-order valence-corrected chi connectivity index (χ4v) is 6.18. The molecule has 0 spiro atoms. The molecule has 10 nitrogen and oxygen atoms in total. The smallest absolute Gasteiger partial charge is 0.410 e. The number of aromatic nitrogens is 3. The molecule has 1 amide bonds. The molecular formula is C32H38N6O4S. The molecule has 1 aliphatic rings. The Morgan fingerprint density at radius 2 is 1.72 bits per heavy atom. The van der Waals surface area contributed by atoms with E-state index in [4.69, 9.17) is 4.74 Å². The standard InChI is InChI=1S/C32H38N6O4S/c1-32(2,3)42-31(39)38-19-17-37(18-20-38)16-5-21-43(40,41)27-12-10-26(11-13-27)36-30-34-22-24(23-35-30)8-9-25-6-4-7-29-28(25)14-15-33-29/h4,6-15,22-23,33H,5,16-21H2,1-3H3,(H,34,35,36)/b9-8+. The maximum Gasteiger partial charge on any atom is 0.410 e. The molecule has 0 radical (unpaired) electrons. The molecule has 5 rings (SSSR count). The average Bonchev–Trinajstić information content (AvgIpc) is 3.46. The van der Waals surface area contributed by atoms with Crippen molar-refractivity contribution in [2.24, 2.45) is 0 Å². The minimum atomic E-state index is -3.42. The molecule has 2 N–H and O–H groups in total. The molecule has 2 aromatic heterocycles. The summed E-state index contributed by atoms with van der Waals surface area (Å²) in [5, 5.41) is 4.28. The monoisotopic (exact) mass is 602 g/mol. The van der Waals surface area contributed by atoms with Crippen LogP contribution in [0.3, 0.4) is 0 Å². The molecule has 0 atom stereocenters. The predicted octanol–water partition coefficient (Wildman–Crippen LogP) is 5.59. The van der Waals surface area contributed by atoms with Crippen LogP contribution in [0, 0.1) is 0 Å². The van der Waals surface area contributed by atoms with E-state index in [2.05, 4.69) is 31.2 Å². The maximum atomic E-state index is 12.9. The molecule has 3 heterocycles. The van der Waals surface area contributed by atoms with Crippen LogP contribution < -0.4 is 5.32 Å². The number of piperazine rings is 1. The van der Waals surface area contributed by atoms with Crippen molar-refractivity contribution in [1.82, 2.24) is 24.8 Å². The fraction of sp³-hybridized carbons (Fsp3) is 0.344. The summed E-state index contributed by atoms with van der Waals surface area (Å²) in [5.41, 5.74) is 3.24. The largest absolute Gasteiger partial charge is 0.444 e. The third-order valence-corrected chi connectivity index (χ3v) is 8.95. The first-order valence-electron chi connectivity index (χ1n) is 14.4. The van der Waals surface area contributed by atoms with E-state index in [9.17, 15) is 13.2 Å². The zero-order valence-electron chi connectivity index (χ0n) is 24.8. The SMILES string of the molecule is CC(C)(C)OC(=O)N1CCN(CCCS(=O)(=O)c2ccc(Nc3ncc(/C=C/c4cccc5[nH]ccc45)cn3)cc2)CC1. The second-order valence-electron chi connectivity index (χ2n) is 11.6. The Morgan fingerprint density at radius 3 is 2.42 bits per heavy atom. The maximum absolute atomic E-state index is 12.9. The molecule has 226 valence electrons. The third kappa shape index (κ3) is 8.20. The van der Waals surface area contributed by atoms with Crippen molar-refractivity contribution in [3.8, 4) is 0 Å². The number of aromatic amines is 1. The van der Waals surface area contributed by atoms with Crippen LogP contribution in [0.25, 0.3) is 23.1 Å². The van der Waals surface area contributed by atoms with Gasteiger partial charge in [0.15, 0.2) is 9.84 Å². The normalized spacial score (nSPS) is 14.8. The molecule has 1 saturated heterocycles. The zero-order chi connectivity index (χ0) is 30.5. The number of anilines is 2. The van der Waals surface area contributed by atoms with Crippen LogP contribution in [-0.2, 0) is 14.6 Å². The van der Waals surface area contributed by atoms with Gasteiger partial charge in [0.2, 0.25) is 5.95 Å². The van der Waals surface area contributed by atoms with Crippen molar-refractivity contribution in [1.29, 1.82) is 0 Å². The summed E-state index contributed by atoms with van der Waals surface area (Å²) >= 11 is 0. The summed E-state index contributed by atoms with van der Waals surface area (Å²) < 4.78 is 31.3. The van der Waals surface area contributed by atoms with Gasteiger partial charge in [0.05, 0.1) is 10.6 Å². The number of sulfone groups is 1. The van der Waals surface area contributed by atoms with E-state index in [0.717, 1.165) is 22.0 Å². The van der Waals surface area contributed by atoms with Crippen LogP contribution in [-0.4, -0.2) is 83.3 Å². The highest BCUT2D eigenvalue weighted by molar-refractivity contribution is 7.91. The Balaban J connectivity index is 1.08. The van der Waals surface area contributed by atoms with Crippen LogP contribution in [0.2, 0.25) is 0 Å². The van der Waals surface area contributed by atoms with Gasteiger partial charge in [0.1, 0.15) is 5.60 Å². The molecule has 0 unspecified atom stereocenters. The molecule has 0 bridgehead atoms. The molecule has 1 fully saturated rings. The number of hydrogen-bond acceptors (Lipinski definition) is 8. The van der Waals surface area contributed by atoms with Gasteiger partial charge >= 0.3 is 6.09 Å². The van der Waals surface area contributed by atoms with Gasteiger partial charge in [-0.15, -0.1) is 0 Å². The molecule has 11 heteroatoms. The number of nitrogens with one attached hydrogen (secondary N) is 2. The Morgan fingerprint density at radius 1 is 1.00 bits per heavy atom. The molecule has 0 saturated carbocycles. The van der Waals surface area contributed by atoms with Crippen LogP contribution in [0.1, 0.15) is 38.3 Å². The lowest BCUT2D eigenvalue weighted by Crippen LogP contribution is -2.50. The summed E-state index contributed by atoms with van der Waals surface area (Å²) in [7, 11) is -3.42. The van der Waals surface area contributed by atoms with Gasteiger partial charge in [-0.05, 0) is 75.7 Å². The highest BCUT2D eigenvalue weighted by atomic mass is 32.2. The number of carbonyl (C=O) groups is 1. The van der Waals surface area contributed by atoms with Gasteiger partial charge in [-0.2, -0.15) is 0 Å². The molecule has 4 aromatic rings. The second-order valence-corrected chi connectivity index (χ2v) is 13.7. The zero-order valence-corrected chi connectivity index (χ0v) is 25.6. The average molecular weight is 603 g/mol. The lowest BCUT2D eigenvalue weighted by atomic mass is 10.1. The molecule has 1 aliphatic heterocycles. The third-order valence-electron chi connectivity index (χ3n) is 7.14. The van der Waals surface area contributed by atoms with E-state index in [1.54, 1.807) is 41.6 Å². The Hall–Kier alpha value is -4.22. The number of rotatable bonds is 9. The number of benzene rings is 2. The quantitative estimate of drug-likeness (QED) is 0.255. The Labute approximate surface area is 252 Å². The number of ether oxygens (including phenoxy) is 1. The minimum absolute atomic E-state index is 0.0583. The first-order chi connectivity index (χ1) is 20.6. The van der Waals surface area contributed by atoms with Gasteiger partial charge in [0, 0.05) is 66.9 Å². The fourth-order valence-electron chi connectivity index (χ4n) is 4.88. The number of fused-ring (bicyclic) bond motifs is 1. The summed E-state index contributed by atoms with van der Waals surface area (Å²) in [6.07, 6.45) is 9.62. The highest BCUT2D eigenvalue weighted by Gasteiger charge is 2.26. The van der Waals surface area contributed by atoms with Crippen molar-refractivity contribution in [3.05, 3.63) is 78.2 Å². The number of nitrogens with zero attached hydrogens (tertiary/aromatic N) is 4. The topological polar surface area (TPSA) is 121 Å². The van der Waals surface area contributed by atoms with Crippen LogP contribution in [0.5, 0.6) is 0 Å². The summed E-state index contributed by atoms with van der Waals surface area (Å²) in [5.74, 6) is 0.482. The Bertz CT molecular complexity index is 1670. The van der Waals surface area contributed by atoms with E-state index in [1.165, 1.54) is 0 Å². The van der Waals surface area contributed by atoms with Crippen LogP contribution in [0.15, 0.2) is 72.0 Å². The molecular weight excluding hydrogens is 564 g/mol. The predicted molar refractivity (Wildman–Crippen MR) is 170 cm³/mol. The first kappa shape index (κ1) is 30.2. The van der Waals surface area contributed by atoms with Crippen molar-refractivity contribution in [2.75, 3.05) is 43.8 Å². The number of H-pyrrole nitrogens is 1. The lowest BCUT2D eigenvalue weighted by molar-refractivity contribution is 0.0145. The lowest BCUT2D eigenvalue weighted by Gasteiger charge is -2.35. The van der Waals surface area contributed by atoms with Gasteiger partial charge in [0.25, 0.3) is 0 Å². The van der Waals surface area contributed by atoms with Crippen molar-refractivity contribution >= 4 is 50.6 Å². The van der Waals surface area contributed by atoms with Gasteiger partial charge in [-0.25, -0.2) is 23.2 Å². The summed E-state index contributed by atoms with van der Waals surface area (Å²) in [4.78, 5) is 28.4. The first-order valence-corrected chi connectivity index (χ1v) is 16.1. The molecule has 2 aromatic carbocycles. The number of amides is 1. The number of carbonyl (C=O) groups excluding carboxylic acids is 1. The van der Waals surface area contributed by atoms with E-state index >= 15 is 0 Å². The van der Waals surface area contributed by atoms with Crippen LogP contribution >= 0.6 is 0 Å². The van der Waals surface area contributed by atoms with E-state index in [0.29, 0.717) is 50.8 Å². The highest BCUT2D eigenvalue weighted by Crippen LogP contribution is 2.21. The van der Waals surface area contributed by atoms with Crippen molar-refractivity contribution < 1.29 is 17.9 Å². The Kier molecular flexibility index (Phi) is 9.12. The van der Waals surface area contributed by atoms with E-state index < -0.39 is 15.4 Å². The van der Waals surface area contributed by atoms with Gasteiger partial charge in [-0.3, -0.25) is 4.90 Å². The second kappa shape index (κ2) is 13.0. The van der Waals surface area contributed by atoms with Crippen molar-refractivity contribution in [2.45, 2.75) is 37.7 Å². The minimum Gasteiger partial charge on any atom is -0.444 e. The summed E-state index contributed by atoms with van der Waals surface area (Å²) in [6, 6.07) is 14.8. The molecule has 43 heavy (non-hydrogen) atoms.